The van der Waals surface area contributed by atoms with Gasteiger partial charge in [0.05, 0.1) is 0 Å². The number of carbonyl (C=O) groups excluding carboxylic acids is 4. The largest absolute Gasteiger partial charge is 0.451 e. The number of rotatable bonds is 9. The molecule has 0 atom stereocenters. The molecule has 0 saturated heterocycles. The maximum Gasteiger partial charge on any atom is 0.344 e. The molecule has 0 aromatic heterocycles. The summed E-state index contributed by atoms with van der Waals surface area (Å²) in [4.78, 5) is 48.2. The van der Waals surface area contributed by atoms with Gasteiger partial charge in [0, 0.05) is 13.1 Å². The van der Waals surface area contributed by atoms with E-state index in [1.54, 1.807) is 41.5 Å². The molecule has 0 bridgehead atoms. The second-order valence-electron chi connectivity index (χ2n) is 8.73. The normalized spacial score (nSPS) is 19.7. The smallest absolute Gasteiger partial charge is 0.344 e. The molecular formula is C22H32N2O6. The van der Waals surface area contributed by atoms with Gasteiger partial charge in [0.2, 0.25) is 0 Å². The third-order valence-electron chi connectivity index (χ3n) is 5.79. The Morgan fingerprint density at radius 1 is 0.700 bits per heavy atom. The van der Waals surface area contributed by atoms with Gasteiger partial charge in [-0.05, 0) is 65.5 Å². The predicted molar refractivity (Wildman–Crippen MR) is 110 cm³/mol. The number of ether oxygens (including phenoxy) is 2. The van der Waals surface area contributed by atoms with Crippen molar-refractivity contribution < 1.29 is 28.7 Å². The van der Waals surface area contributed by atoms with E-state index in [2.05, 4.69) is 10.6 Å². The Bertz CT molecular complexity index is 751. The van der Waals surface area contributed by atoms with E-state index in [-0.39, 0.29) is 11.1 Å². The molecule has 2 aliphatic rings. The highest BCUT2D eigenvalue weighted by Gasteiger charge is 2.41. The van der Waals surface area contributed by atoms with Crippen LogP contribution in [0.5, 0.6) is 0 Å². The van der Waals surface area contributed by atoms with Crippen molar-refractivity contribution in [3.05, 3.63) is 22.3 Å². The summed E-state index contributed by atoms with van der Waals surface area (Å²) in [5.41, 5.74) is -0.00950. The maximum atomic E-state index is 12.2. The molecule has 2 rings (SSSR count). The monoisotopic (exact) mass is 420 g/mol. The third-order valence-corrected chi connectivity index (χ3v) is 5.79. The lowest BCUT2D eigenvalue weighted by Crippen LogP contribution is -2.29. The summed E-state index contributed by atoms with van der Waals surface area (Å²) >= 11 is 0. The van der Waals surface area contributed by atoms with Crippen molar-refractivity contribution in [3.8, 4) is 0 Å². The summed E-state index contributed by atoms with van der Waals surface area (Å²) < 4.78 is 10.4. The van der Waals surface area contributed by atoms with Crippen LogP contribution in [0.3, 0.4) is 0 Å². The van der Waals surface area contributed by atoms with Gasteiger partial charge in [-0.25, -0.2) is 9.59 Å². The fourth-order valence-corrected chi connectivity index (χ4v) is 3.34. The van der Waals surface area contributed by atoms with E-state index in [0.717, 1.165) is 25.7 Å². The molecule has 2 aliphatic heterocycles. The van der Waals surface area contributed by atoms with Crippen molar-refractivity contribution in [1.29, 1.82) is 0 Å². The van der Waals surface area contributed by atoms with Crippen LogP contribution in [-0.4, -0.2) is 48.0 Å². The molecule has 0 aliphatic carbocycles. The van der Waals surface area contributed by atoms with Crippen LogP contribution in [0.1, 0.15) is 67.2 Å². The summed E-state index contributed by atoms with van der Waals surface area (Å²) in [5.74, 6) is -1.95. The lowest BCUT2D eigenvalue weighted by atomic mass is 9.97. The van der Waals surface area contributed by atoms with Gasteiger partial charge in [0.1, 0.15) is 22.3 Å². The first-order chi connectivity index (χ1) is 13.9. The molecule has 30 heavy (non-hydrogen) atoms. The molecular weight excluding hydrogens is 388 g/mol. The van der Waals surface area contributed by atoms with Gasteiger partial charge < -0.3 is 20.1 Å². The van der Waals surface area contributed by atoms with Crippen molar-refractivity contribution in [2.45, 2.75) is 78.4 Å². The molecule has 2 heterocycles. The standard InChI is InChI=1S/C22H32N2O6/c1-13-15(19(27)29-21(13,3)4)17(25)23-11-9-7-8-10-12-24-18(26)16-14(2)22(5,6)30-20(16)28/h7-12H2,1-6H3,(H,23,25)(H,24,26). The first kappa shape index (κ1) is 23.6. The van der Waals surface area contributed by atoms with Crippen LogP contribution in [-0.2, 0) is 28.7 Å². The van der Waals surface area contributed by atoms with Crippen molar-refractivity contribution >= 4 is 23.8 Å². The minimum atomic E-state index is -0.742. The van der Waals surface area contributed by atoms with Gasteiger partial charge in [0.15, 0.2) is 0 Å². The van der Waals surface area contributed by atoms with Crippen LogP contribution in [0, 0.1) is 0 Å². The van der Waals surface area contributed by atoms with E-state index in [9.17, 15) is 19.2 Å². The summed E-state index contributed by atoms with van der Waals surface area (Å²) in [6, 6.07) is 0. The molecule has 2 N–H and O–H groups in total. The summed E-state index contributed by atoms with van der Waals surface area (Å²) in [6.07, 6.45) is 3.24. The molecule has 0 spiro atoms. The number of unbranched alkanes of at least 4 members (excludes halogenated alkanes) is 3. The Labute approximate surface area is 177 Å². The zero-order valence-corrected chi connectivity index (χ0v) is 18.7. The van der Waals surface area contributed by atoms with E-state index < -0.39 is 35.0 Å². The quantitative estimate of drug-likeness (QED) is 0.336. The van der Waals surface area contributed by atoms with Crippen LogP contribution >= 0.6 is 0 Å². The van der Waals surface area contributed by atoms with Gasteiger partial charge in [-0.15, -0.1) is 0 Å². The molecule has 0 radical (unpaired) electrons. The zero-order valence-electron chi connectivity index (χ0n) is 18.7. The summed E-state index contributed by atoms with van der Waals surface area (Å²) in [7, 11) is 0. The highest BCUT2D eigenvalue weighted by molar-refractivity contribution is 6.19. The predicted octanol–water partition coefficient (Wildman–Crippen LogP) is 2.08. The number of esters is 2. The maximum absolute atomic E-state index is 12.2. The lowest BCUT2D eigenvalue weighted by Gasteiger charge is -2.17. The van der Waals surface area contributed by atoms with E-state index in [1.807, 2.05) is 0 Å². The number of amides is 2. The molecule has 2 amide bonds. The Hall–Kier alpha value is -2.64. The SMILES string of the molecule is CC1=C(C(=O)NCCCCCCNC(=O)C2=C(C)C(C)(C)OC2=O)C(=O)OC1(C)C. The van der Waals surface area contributed by atoms with Gasteiger partial charge in [0.25, 0.3) is 11.8 Å². The fraction of sp³-hybridized carbons (Fsp3) is 0.636. The van der Waals surface area contributed by atoms with E-state index in [0.29, 0.717) is 24.2 Å². The number of nitrogens with one attached hydrogen (secondary N) is 2. The fourth-order valence-electron chi connectivity index (χ4n) is 3.34. The van der Waals surface area contributed by atoms with Gasteiger partial charge in [-0.2, -0.15) is 0 Å². The lowest BCUT2D eigenvalue weighted by molar-refractivity contribution is -0.146. The highest BCUT2D eigenvalue weighted by Crippen LogP contribution is 2.32. The highest BCUT2D eigenvalue weighted by atomic mass is 16.6. The van der Waals surface area contributed by atoms with Crippen molar-refractivity contribution in [3.63, 3.8) is 0 Å². The Kier molecular flexibility index (Phi) is 7.10. The molecule has 0 aromatic carbocycles. The third kappa shape index (κ3) is 5.09. The molecule has 0 fully saturated rings. The molecule has 166 valence electrons. The van der Waals surface area contributed by atoms with Gasteiger partial charge in [-0.1, -0.05) is 12.8 Å². The first-order valence-corrected chi connectivity index (χ1v) is 10.3. The molecule has 8 nitrogen and oxygen atoms in total. The van der Waals surface area contributed by atoms with Gasteiger partial charge in [-0.3, -0.25) is 9.59 Å². The van der Waals surface area contributed by atoms with E-state index in [4.69, 9.17) is 9.47 Å². The molecule has 0 saturated carbocycles. The topological polar surface area (TPSA) is 111 Å². The first-order valence-electron chi connectivity index (χ1n) is 10.3. The zero-order chi connectivity index (χ0) is 22.7. The van der Waals surface area contributed by atoms with Crippen molar-refractivity contribution in [2.75, 3.05) is 13.1 Å². The number of hydrogen-bond donors (Lipinski definition) is 2. The minimum Gasteiger partial charge on any atom is -0.451 e. The van der Waals surface area contributed by atoms with Gasteiger partial charge >= 0.3 is 11.9 Å². The van der Waals surface area contributed by atoms with Crippen LogP contribution < -0.4 is 10.6 Å². The van der Waals surface area contributed by atoms with Crippen LogP contribution in [0.25, 0.3) is 0 Å². The van der Waals surface area contributed by atoms with E-state index >= 15 is 0 Å². The van der Waals surface area contributed by atoms with E-state index in [1.165, 1.54) is 0 Å². The molecule has 0 unspecified atom stereocenters. The minimum absolute atomic E-state index is 0.0981. The van der Waals surface area contributed by atoms with Crippen LogP contribution in [0.2, 0.25) is 0 Å². The Balaban J connectivity index is 1.63. The number of hydrogen-bond acceptors (Lipinski definition) is 6. The summed E-state index contributed by atoms with van der Waals surface area (Å²) in [6.45, 7) is 11.4. The van der Waals surface area contributed by atoms with Crippen molar-refractivity contribution in [2.24, 2.45) is 0 Å². The average molecular weight is 421 g/mol. The number of carbonyl (C=O) groups is 4. The second kappa shape index (κ2) is 9.02. The number of cyclic esters (lactones) is 2. The second-order valence-corrected chi connectivity index (χ2v) is 8.73. The van der Waals surface area contributed by atoms with Crippen LogP contribution in [0.4, 0.5) is 0 Å². The molecule has 0 aromatic rings. The molecule has 8 heteroatoms. The Morgan fingerprint density at radius 3 is 1.30 bits per heavy atom. The average Bonchev–Trinajstić information content (AvgIpc) is 2.96. The Morgan fingerprint density at radius 2 is 1.03 bits per heavy atom. The van der Waals surface area contributed by atoms with Crippen LogP contribution in [0.15, 0.2) is 22.3 Å². The summed E-state index contributed by atoms with van der Waals surface area (Å²) in [5, 5.41) is 5.52. The van der Waals surface area contributed by atoms with Crippen molar-refractivity contribution in [1.82, 2.24) is 10.6 Å².